The zero-order valence-corrected chi connectivity index (χ0v) is 16.5. The van der Waals surface area contributed by atoms with Crippen molar-refractivity contribution in [3.8, 4) is 5.75 Å². The van der Waals surface area contributed by atoms with E-state index in [1.54, 1.807) is 19.1 Å². The van der Waals surface area contributed by atoms with Crippen LogP contribution in [0.1, 0.15) is 29.8 Å². The molecular weight excluding hydrogens is 376 g/mol. The van der Waals surface area contributed by atoms with Crippen molar-refractivity contribution in [2.24, 2.45) is 0 Å². The second-order valence-corrected chi connectivity index (χ2v) is 8.15. The van der Waals surface area contributed by atoms with Gasteiger partial charge >= 0.3 is 0 Å². The average molecular weight is 397 g/mol. The largest absolute Gasteiger partial charge is 0.495 e. The van der Waals surface area contributed by atoms with E-state index in [2.05, 4.69) is 10.0 Å². The van der Waals surface area contributed by atoms with Gasteiger partial charge in [-0.15, -0.1) is 0 Å². The van der Waals surface area contributed by atoms with Crippen molar-refractivity contribution in [2.75, 3.05) is 11.8 Å². The lowest BCUT2D eigenvalue weighted by atomic mass is 10.2. The third kappa shape index (κ3) is 4.68. The van der Waals surface area contributed by atoms with E-state index in [1.807, 2.05) is 13.8 Å². The Bertz CT molecular complexity index is 910. The van der Waals surface area contributed by atoms with Crippen molar-refractivity contribution >= 4 is 33.2 Å². The molecule has 2 N–H and O–H groups in total. The van der Waals surface area contributed by atoms with Crippen LogP contribution in [-0.2, 0) is 10.0 Å². The number of amides is 1. The highest BCUT2D eigenvalue weighted by Gasteiger charge is 2.18. The quantitative estimate of drug-likeness (QED) is 0.781. The number of ether oxygens (including phenoxy) is 1. The fourth-order valence-corrected chi connectivity index (χ4v) is 3.46. The minimum atomic E-state index is -3.85. The number of methoxy groups -OCH3 is 1. The second-order valence-electron chi connectivity index (χ2n) is 6.06. The normalized spacial score (nSPS) is 11.3. The van der Waals surface area contributed by atoms with Crippen LogP contribution in [0.2, 0.25) is 5.02 Å². The van der Waals surface area contributed by atoms with Gasteiger partial charge in [0.2, 0.25) is 0 Å². The summed E-state index contributed by atoms with van der Waals surface area (Å²) in [6.07, 6.45) is 0. The molecule has 0 fully saturated rings. The number of carbonyl (C=O) groups is 1. The molecule has 140 valence electrons. The molecule has 0 bridgehead atoms. The highest BCUT2D eigenvalue weighted by molar-refractivity contribution is 7.92. The van der Waals surface area contributed by atoms with E-state index in [0.29, 0.717) is 21.9 Å². The molecule has 0 saturated heterocycles. The van der Waals surface area contributed by atoms with Gasteiger partial charge in [0.25, 0.3) is 15.9 Å². The van der Waals surface area contributed by atoms with Crippen LogP contribution >= 0.6 is 11.6 Å². The molecule has 0 unspecified atom stereocenters. The SMILES string of the molecule is COc1cc(Cl)c(C)cc1NS(=O)(=O)c1ccc(C(=O)NC(C)C)cc1. The van der Waals surface area contributed by atoms with Crippen molar-refractivity contribution in [3.63, 3.8) is 0 Å². The summed E-state index contributed by atoms with van der Waals surface area (Å²) in [5, 5.41) is 3.23. The number of nitrogens with one attached hydrogen (secondary N) is 2. The number of hydrogen-bond donors (Lipinski definition) is 2. The summed E-state index contributed by atoms with van der Waals surface area (Å²) in [4.78, 5) is 12.0. The molecule has 0 saturated carbocycles. The highest BCUT2D eigenvalue weighted by Crippen LogP contribution is 2.32. The minimum absolute atomic E-state index is 0.00631. The van der Waals surface area contributed by atoms with Crippen molar-refractivity contribution < 1.29 is 17.9 Å². The fourth-order valence-electron chi connectivity index (χ4n) is 2.25. The number of aryl methyl sites for hydroxylation is 1. The molecule has 2 aromatic carbocycles. The number of halogens is 1. The predicted octanol–water partition coefficient (Wildman–Crippen LogP) is 3.60. The van der Waals surface area contributed by atoms with Gasteiger partial charge in [-0.05, 0) is 56.7 Å². The van der Waals surface area contributed by atoms with Crippen molar-refractivity contribution in [1.29, 1.82) is 0 Å². The summed E-state index contributed by atoms with van der Waals surface area (Å²) in [6.45, 7) is 5.46. The number of benzene rings is 2. The monoisotopic (exact) mass is 396 g/mol. The Morgan fingerprint density at radius 2 is 1.77 bits per heavy atom. The third-order valence-corrected chi connectivity index (χ3v) is 5.36. The summed E-state index contributed by atoms with van der Waals surface area (Å²) in [5.41, 5.74) is 1.39. The number of sulfonamides is 1. The van der Waals surface area contributed by atoms with Crippen LogP contribution in [0.3, 0.4) is 0 Å². The van der Waals surface area contributed by atoms with Crippen molar-refractivity contribution in [1.82, 2.24) is 5.32 Å². The molecule has 0 atom stereocenters. The van der Waals surface area contributed by atoms with Gasteiger partial charge in [-0.2, -0.15) is 0 Å². The number of rotatable bonds is 6. The van der Waals surface area contributed by atoms with Crippen molar-refractivity contribution in [3.05, 3.63) is 52.5 Å². The molecule has 0 aliphatic heterocycles. The van der Waals surface area contributed by atoms with Gasteiger partial charge in [0, 0.05) is 22.7 Å². The summed E-state index contributed by atoms with van der Waals surface area (Å²) < 4.78 is 32.9. The topological polar surface area (TPSA) is 84.5 Å². The van der Waals surface area contributed by atoms with Crippen LogP contribution < -0.4 is 14.8 Å². The van der Waals surface area contributed by atoms with Gasteiger partial charge < -0.3 is 10.1 Å². The molecule has 0 heterocycles. The lowest BCUT2D eigenvalue weighted by Crippen LogP contribution is -2.30. The Balaban J connectivity index is 2.28. The standard InChI is InChI=1S/C18H21ClN2O4S/c1-11(2)20-18(22)13-5-7-14(8-6-13)26(23,24)21-16-9-12(3)15(19)10-17(16)25-4/h5-11,21H,1-4H3,(H,20,22). The van der Waals surface area contributed by atoms with Crippen molar-refractivity contribution in [2.45, 2.75) is 31.7 Å². The van der Waals surface area contributed by atoms with Gasteiger partial charge in [0.1, 0.15) is 5.75 Å². The maximum Gasteiger partial charge on any atom is 0.262 e. The molecule has 2 rings (SSSR count). The van der Waals surface area contributed by atoms with Gasteiger partial charge in [-0.3, -0.25) is 9.52 Å². The first kappa shape index (κ1) is 20.1. The maximum absolute atomic E-state index is 12.6. The number of hydrogen-bond acceptors (Lipinski definition) is 4. The minimum Gasteiger partial charge on any atom is -0.495 e. The van der Waals surface area contributed by atoms with Gasteiger partial charge in [-0.25, -0.2) is 8.42 Å². The Morgan fingerprint density at radius 3 is 2.31 bits per heavy atom. The first-order valence-electron chi connectivity index (χ1n) is 7.92. The van der Waals surface area contributed by atoms with Crippen LogP contribution in [0.5, 0.6) is 5.75 Å². The molecule has 6 nitrogen and oxygen atoms in total. The lowest BCUT2D eigenvalue weighted by molar-refractivity contribution is 0.0943. The Kier molecular flexibility index (Phi) is 6.15. The second kappa shape index (κ2) is 7.97. The number of carbonyl (C=O) groups excluding carboxylic acids is 1. The fraction of sp³-hybridized carbons (Fsp3) is 0.278. The summed E-state index contributed by atoms with van der Waals surface area (Å²) in [5.74, 6) is 0.0593. The van der Waals surface area contributed by atoms with E-state index in [1.165, 1.54) is 31.4 Å². The lowest BCUT2D eigenvalue weighted by Gasteiger charge is -2.14. The molecule has 2 aromatic rings. The van der Waals surface area contributed by atoms with Gasteiger partial charge in [-0.1, -0.05) is 11.6 Å². The molecule has 26 heavy (non-hydrogen) atoms. The van der Waals surface area contributed by atoms with Crippen LogP contribution in [0, 0.1) is 6.92 Å². The molecular formula is C18H21ClN2O4S. The maximum atomic E-state index is 12.6. The van der Waals surface area contributed by atoms with Crippen LogP contribution in [-0.4, -0.2) is 27.5 Å². The zero-order chi connectivity index (χ0) is 19.5. The average Bonchev–Trinajstić information content (AvgIpc) is 2.57. The summed E-state index contributed by atoms with van der Waals surface area (Å²) >= 11 is 6.04. The smallest absolute Gasteiger partial charge is 0.262 e. The van der Waals surface area contributed by atoms with E-state index in [-0.39, 0.29) is 22.5 Å². The van der Waals surface area contributed by atoms with E-state index in [4.69, 9.17) is 16.3 Å². The molecule has 1 amide bonds. The number of anilines is 1. The Labute approximate surface area is 158 Å². The van der Waals surface area contributed by atoms with E-state index < -0.39 is 10.0 Å². The molecule has 0 aliphatic rings. The molecule has 0 spiro atoms. The Morgan fingerprint density at radius 1 is 1.15 bits per heavy atom. The predicted molar refractivity (Wildman–Crippen MR) is 103 cm³/mol. The van der Waals surface area contributed by atoms with Crippen LogP contribution in [0.25, 0.3) is 0 Å². The Hall–Kier alpha value is -2.25. The summed E-state index contributed by atoms with van der Waals surface area (Å²) in [6, 6.07) is 8.85. The van der Waals surface area contributed by atoms with E-state index >= 15 is 0 Å². The van der Waals surface area contributed by atoms with E-state index in [9.17, 15) is 13.2 Å². The van der Waals surface area contributed by atoms with Gasteiger partial charge in [0.15, 0.2) is 0 Å². The zero-order valence-electron chi connectivity index (χ0n) is 15.0. The van der Waals surface area contributed by atoms with E-state index in [0.717, 1.165) is 0 Å². The molecule has 0 aliphatic carbocycles. The highest BCUT2D eigenvalue weighted by atomic mass is 35.5. The molecule has 8 heteroatoms. The van der Waals surface area contributed by atoms with Crippen LogP contribution in [0.4, 0.5) is 5.69 Å². The molecule has 0 aromatic heterocycles. The summed E-state index contributed by atoms with van der Waals surface area (Å²) in [7, 11) is -2.41. The third-order valence-electron chi connectivity index (χ3n) is 3.57. The first-order valence-corrected chi connectivity index (χ1v) is 9.78. The van der Waals surface area contributed by atoms with Crippen LogP contribution in [0.15, 0.2) is 41.3 Å². The first-order chi connectivity index (χ1) is 12.1. The molecule has 0 radical (unpaired) electrons. The van der Waals surface area contributed by atoms with Gasteiger partial charge in [0.05, 0.1) is 17.7 Å².